The Morgan fingerprint density at radius 2 is 0.975 bits per heavy atom. The molecular formula is C37H23N3. The van der Waals surface area contributed by atoms with Gasteiger partial charge in [0.1, 0.15) is 0 Å². The van der Waals surface area contributed by atoms with Crippen LogP contribution < -0.4 is 0 Å². The molecule has 0 atom stereocenters. The summed E-state index contributed by atoms with van der Waals surface area (Å²) >= 11 is 0. The summed E-state index contributed by atoms with van der Waals surface area (Å²) in [5.74, 6) is 0. The Bertz CT molecular complexity index is 2220. The van der Waals surface area contributed by atoms with Crippen LogP contribution in [0, 0.1) is 11.3 Å². The van der Waals surface area contributed by atoms with E-state index in [-0.39, 0.29) is 0 Å². The molecule has 40 heavy (non-hydrogen) atoms. The van der Waals surface area contributed by atoms with E-state index in [2.05, 4.69) is 130 Å². The number of aromatic nitrogens is 2. The molecular weight excluding hydrogens is 486 g/mol. The van der Waals surface area contributed by atoms with Crippen LogP contribution in [0.1, 0.15) is 5.56 Å². The Balaban J connectivity index is 1.41. The minimum Gasteiger partial charge on any atom is -0.309 e. The largest absolute Gasteiger partial charge is 0.309 e. The summed E-state index contributed by atoms with van der Waals surface area (Å²) in [6, 6.07) is 51.3. The summed E-state index contributed by atoms with van der Waals surface area (Å²) < 4.78 is 4.69. The van der Waals surface area contributed by atoms with Crippen molar-refractivity contribution in [2.24, 2.45) is 0 Å². The van der Waals surface area contributed by atoms with Crippen LogP contribution in [0.3, 0.4) is 0 Å². The highest BCUT2D eigenvalue weighted by Gasteiger charge is 2.17. The SMILES string of the molecule is N#Cc1ccc(-n2c3ccccc3c3ccc(-c4ccccc4-n4c5ccccc5c5ccccc54)cc32)cc1. The summed E-state index contributed by atoms with van der Waals surface area (Å²) in [6.45, 7) is 0. The number of rotatable bonds is 3. The average Bonchev–Trinajstić information content (AvgIpc) is 3.54. The van der Waals surface area contributed by atoms with E-state index in [0.717, 1.165) is 28.0 Å². The molecule has 2 aromatic heterocycles. The van der Waals surface area contributed by atoms with E-state index in [1.54, 1.807) is 0 Å². The van der Waals surface area contributed by atoms with Crippen LogP contribution in [0.5, 0.6) is 0 Å². The monoisotopic (exact) mass is 509 g/mol. The lowest BCUT2D eigenvalue weighted by Gasteiger charge is -2.15. The molecule has 0 bridgehead atoms. The number of nitriles is 1. The first-order chi connectivity index (χ1) is 19.8. The topological polar surface area (TPSA) is 33.6 Å². The van der Waals surface area contributed by atoms with Crippen LogP contribution in [0.4, 0.5) is 0 Å². The molecule has 0 saturated heterocycles. The van der Waals surface area contributed by atoms with Gasteiger partial charge in [-0.25, -0.2) is 0 Å². The van der Waals surface area contributed by atoms with Crippen molar-refractivity contribution < 1.29 is 0 Å². The molecule has 8 rings (SSSR count). The van der Waals surface area contributed by atoms with Gasteiger partial charge in [-0.05, 0) is 60.2 Å². The number of nitrogens with zero attached hydrogens (tertiary/aromatic N) is 3. The maximum atomic E-state index is 9.34. The van der Waals surface area contributed by atoms with Gasteiger partial charge in [0, 0.05) is 32.8 Å². The quantitative estimate of drug-likeness (QED) is 0.233. The lowest BCUT2D eigenvalue weighted by Crippen LogP contribution is -1.97. The van der Waals surface area contributed by atoms with Gasteiger partial charge in [0.15, 0.2) is 0 Å². The van der Waals surface area contributed by atoms with Gasteiger partial charge in [0.05, 0.1) is 39.4 Å². The van der Waals surface area contributed by atoms with E-state index in [9.17, 15) is 5.26 Å². The molecule has 0 spiro atoms. The molecule has 0 N–H and O–H groups in total. The van der Waals surface area contributed by atoms with Gasteiger partial charge in [0.25, 0.3) is 0 Å². The second-order valence-corrected chi connectivity index (χ2v) is 10.1. The summed E-state index contributed by atoms with van der Waals surface area (Å²) in [6.07, 6.45) is 0. The Morgan fingerprint density at radius 3 is 1.60 bits per heavy atom. The average molecular weight is 510 g/mol. The van der Waals surface area contributed by atoms with Crippen molar-refractivity contribution in [1.82, 2.24) is 9.13 Å². The van der Waals surface area contributed by atoms with E-state index in [0.29, 0.717) is 5.56 Å². The lowest BCUT2D eigenvalue weighted by molar-refractivity contribution is 1.17. The van der Waals surface area contributed by atoms with Crippen LogP contribution in [0.25, 0.3) is 66.1 Å². The molecule has 0 aliphatic carbocycles. The minimum atomic E-state index is 0.658. The molecule has 186 valence electrons. The maximum absolute atomic E-state index is 9.34. The van der Waals surface area contributed by atoms with Gasteiger partial charge in [-0.15, -0.1) is 0 Å². The zero-order chi connectivity index (χ0) is 26.6. The molecule has 0 fully saturated rings. The fourth-order valence-corrected chi connectivity index (χ4v) is 6.20. The van der Waals surface area contributed by atoms with Crippen LogP contribution in [0.2, 0.25) is 0 Å². The summed E-state index contributed by atoms with van der Waals surface area (Å²) in [4.78, 5) is 0. The van der Waals surface area contributed by atoms with Gasteiger partial charge in [0.2, 0.25) is 0 Å². The van der Waals surface area contributed by atoms with Gasteiger partial charge >= 0.3 is 0 Å². The highest BCUT2D eigenvalue weighted by atomic mass is 15.0. The molecule has 0 saturated carbocycles. The van der Waals surface area contributed by atoms with E-state index in [1.807, 2.05) is 24.3 Å². The Labute approximate surface area is 231 Å². The Hall–Kier alpha value is -5.59. The van der Waals surface area contributed by atoms with Crippen LogP contribution in [-0.2, 0) is 0 Å². The molecule has 3 heteroatoms. The third-order valence-corrected chi connectivity index (χ3v) is 7.96. The van der Waals surface area contributed by atoms with Crippen molar-refractivity contribution >= 4 is 43.6 Å². The molecule has 0 aliphatic heterocycles. The van der Waals surface area contributed by atoms with Gasteiger partial charge in [-0.3, -0.25) is 0 Å². The van der Waals surface area contributed by atoms with Crippen molar-refractivity contribution in [2.45, 2.75) is 0 Å². The highest BCUT2D eigenvalue weighted by Crippen LogP contribution is 2.39. The highest BCUT2D eigenvalue weighted by molar-refractivity contribution is 6.11. The van der Waals surface area contributed by atoms with E-state index < -0.39 is 0 Å². The number of fused-ring (bicyclic) bond motifs is 6. The van der Waals surface area contributed by atoms with E-state index in [1.165, 1.54) is 38.1 Å². The number of hydrogen-bond donors (Lipinski definition) is 0. The van der Waals surface area contributed by atoms with Crippen molar-refractivity contribution in [3.8, 4) is 28.6 Å². The predicted octanol–water partition coefficient (Wildman–Crippen LogP) is 9.42. The van der Waals surface area contributed by atoms with Gasteiger partial charge in [-0.1, -0.05) is 84.9 Å². The Morgan fingerprint density at radius 1 is 0.450 bits per heavy atom. The van der Waals surface area contributed by atoms with Crippen molar-refractivity contribution in [3.05, 3.63) is 145 Å². The summed E-state index contributed by atoms with van der Waals surface area (Å²) in [7, 11) is 0. The maximum Gasteiger partial charge on any atom is 0.0991 e. The molecule has 2 heterocycles. The predicted molar refractivity (Wildman–Crippen MR) is 165 cm³/mol. The number of benzene rings is 6. The first-order valence-electron chi connectivity index (χ1n) is 13.4. The molecule has 0 aliphatic rings. The normalized spacial score (nSPS) is 11.5. The molecule has 0 radical (unpaired) electrons. The summed E-state index contributed by atoms with van der Waals surface area (Å²) in [5, 5.41) is 14.3. The first kappa shape index (κ1) is 22.4. The fourth-order valence-electron chi connectivity index (χ4n) is 6.20. The molecule has 6 aromatic carbocycles. The van der Waals surface area contributed by atoms with Crippen LogP contribution in [0.15, 0.2) is 140 Å². The molecule has 8 aromatic rings. The second kappa shape index (κ2) is 8.73. The Kier molecular flexibility index (Phi) is 4.89. The zero-order valence-corrected chi connectivity index (χ0v) is 21.6. The molecule has 0 amide bonds. The minimum absolute atomic E-state index is 0.658. The molecule has 3 nitrogen and oxygen atoms in total. The van der Waals surface area contributed by atoms with E-state index >= 15 is 0 Å². The van der Waals surface area contributed by atoms with Gasteiger partial charge < -0.3 is 9.13 Å². The van der Waals surface area contributed by atoms with Gasteiger partial charge in [-0.2, -0.15) is 5.26 Å². The number of hydrogen-bond acceptors (Lipinski definition) is 1. The van der Waals surface area contributed by atoms with Crippen molar-refractivity contribution in [1.29, 1.82) is 5.26 Å². The fraction of sp³-hybridized carbons (Fsp3) is 0. The van der Waals surface area contributed by atoms with E-state index in [4.69, 9.17) is 0 Å². The smallest absolute Gasteiger partial charge is 0.0991 e. The third-order valence-electron chi connectivity index (χ3n) is 7.96. The number of para-hydroxylation sites is 4. The zero-order valence-electron chi connectivity index (χ0n) is 21.6. The van der Waals surface area contributed by atoms with Crippen LogP contribution >= 0.6 is 0 Å². The summed E-state index contributed by atoms with van der Waals surface area (Å²) in [5.41, 5.74) is 9.86. The van der Waals surface area contributed by atoms with Crippen LogP contribution in [-0.4, -0.2) is 9.13 Å². The second-order valence-electron chi connectivity index (χ2n) is 10.1. The third kappa shape index (κ3) is 3.24. The standard InChI is InChI=1S/C37H23N3/c38-24-25-17-20-27(21-18-25)39-34-14-6-2-12-31(34)32-22-19-26(23-37(32)39)28-9-1-5-13-33(28)40-35-15-7-3-10-29(35)30-11-4-8-16-36(30)40/h1-23H. The molecule has 0 unspecified atom stereocenters. The van der Waals surface area contributed by atoms with Crippen molar-refractivity contribution in [2.75, 3.05) is 0 Å². The van der Waals surface area contributed by atoms with Crippen molar-refractivity contribution in [3.63, 3.8) is 0 Å². The first-order valence-corrected chi connectivity index (χ1v) is 13.4. The lowest BCUT2D eigenvalue weighted by atomic mass is 10.0.